The van der Waals surface area contributed by atoms with Gasteiger partial charge in [-0.25, -0.2) is 5.43 Å². The normalized spacial score (nSPS) is 11.1. The number of hydrogen-bond donors (Lipinski definition) is 1. The maximum atomic E-state index is 12.7. The molecular weight excluding hydrogens is 456 g/mol. The van der Waals surface area contributed by atoms with Gasteiger partial charge in [0.15, 0.2) is 0 Å². The maximum absolute atomic E-state index is 12.7. The molecule has 9 heteroatoms. The molecular formula is C25H21ClN4O4. The molecule has 0 aliphatic carbocycles. The van der Waals surface area contributed by atoms with Gasteiger partial charge in [0.2, 0.25) is 0 Å². The molecule has 0 aliphatic heterocycles. The Morgan fingerprint density at radius 2 is 1.91 bits per heavy atom. The number of non-ortho nitro benzene ring substituents is 1. The van der Waals surface area contributed by atoms with Crippen molar-refractivity contribution in [2.45, 2.75) is 13.5 Å². The predicted octanol–water partition coefficient (Wildman–Crippen LogP) is 5.33. The number of halogens is 1. The molecule has 0 saturated carbocycles. The van der Waals surface area contributed by atoms with Gasteiger partial charge in [-0.2, -0.15) is 5.10 Å². The van der Waals surface area contributed by atoms with E-state index >= 15 is 0 Å². The Morgan fingerprint density at radius 3 is 2.65 bits per heavy atom. The topological polar surface area (TPSA) is 98.8 Å². The SMILES string of the molecule is COc1ccc([N+](=O)[O-])cc1C(=O)N/N=C\c1c(C)n(Cc2ccccc2Cl)c2ccccc12. The second-order valence-electron chi connectivity index (χ2n) is 7.53. The molecule has 0 radical (unpaired) electrons. The van der Waals surface area contributed by atoms with Crippen LogP contribution in [0.4, 0.5) is 5.69 Å². The number of benzene rings is 3. The lowest BCUT2D eigenvalue weighted by Gasteiger charge is -2.10. The number of para-hydroxylation sites is 1. The number of ether oxygens (including phenoxy) is 1. The fourth-order valence-electron chi connectivity index (χ4n) is 3.82. The van der Waals surface area contributed by atoms with Gasteiger partial charge in [-0.3, -0.25) is 14.9 Å². The van der Waals surface area contributed by atoms with Crippen LogP contribution in [0.3, 0.4) is 0 Å². The smallest absolute Gasteiger partial charge is 0.275 e. The molecule has 4 aromatic rings. The zero-order chi connectivity index (χ0) is 24.2. The van der Waals surface area contributed by atoms with Gasteiger partial charge < -0.3 is 9.30 Å². The molecule has 1 N–H and O–H groups in total. The van der Waals surface area contributed by atoms with E-state index in [2.05, 4.69) is 15.1 Å². The van der Waals surface area contributed by atoms with Gasteiger partial charge in [-0.15, -0.1) is 0 Å². The van der Waals surface area contributed by atoms with E-state index in [-0.39, 0.29) is 17.0 Å². The first-order valence-corrected chi connectivity index (χ1v) is 10.8. The van der Waals surface area contributed by atoms with Crippen molar-refractivity contribution < 1.29 is 14.5 Å². The van der Waals surface area contributed by atoms with Crippen molar-refractivity contribution in [3.63, 3.8) is 0 Å². The molecule has 172 valence electrons. The number of hydrogen-bond acceptors (Lipinski definition) is 5. The molecule has 0 unspecified atom stereocenters. The summed E-state index contributed by atoms with van der Waals surface area (Å²) < 4.78 is 7.30. The molecule has 0 aliphatic rings. The molecule has 0 bridgehead atoms. The molecule has 34 heavy (non-hydrogen) atoms. The summed E-state index contributed by atoms with van der Waals surface area (Å²) in [7, 11) is 1.39. The number of nitro groups is 1. The Balaban J connectivity index is 1.64. The van der Waals surface area contributed by atoms with E-state index in [1.54, 1.807) is 6.21 Å². The highest BCUT2D eigenvalue weighted by Gasteiger charge is 2.18. The number of rotatable bonds is 7. The highest BCUT2D eigenvalue weighted by Crippen LogP contribution is 2.27. The Hall–Kier alpha value is -4.17. The largest absolute Gasteiger partial charge is 0.496 e. The molecule has 0 saturated heterocycles. The van der Waals surface area contributed by atoms with Crippen LogP contribution >= 0.6 is 11.6 Å². The molecule has 8 nitrogen and oxygen atoms in total. The second kappa shape index (κ2) is 9.76. The number of fused-ring (bicyclic) bond motifs is 1. The molecule has 0 fully saturated rings. The van der Waals surface area contributed by atoms with Crippen molar-refractivity contribution in [1.29, 1.82) is 0 Å². The first-order valence-electron chi connectivity index (χ1n) is 10.4. The predicted molar refractivity (Wildman–Crippen MR) is 132 cm³/mol. The summed E-state index contributed by atoms with van der Waals surface area (Å²) in [5, 5.41) is 16.9. The molecule has 1 heterocycles. The number of nitro benzene ring substituents is 1. The average molecular weight is 477 g/mol. The number of amides is 1. The van der Waals surface area contributed by atoms with E-state index in [0.29, 0.717) is 11.6 Å². The van der Waals surface area contributed by atoms with E-state index in [1.807, 2.05) is 55.5 Å². The Labute approximate surface area is 200 Å². The highest BCUT2D eigenvalue weighted by molar-refractivity contribution is 6.31. The number of nitrogens with one attached hydrogen (secondary N) is 1. The summed E-state index contributed by atoms with van der Waals surface area (Å²) in [5.41, 5.74) is 6.04. The van der Waals surface area contributed by atoms with Crippen molar-refractivity contribution in [2.24, 2.45) is 5.10 Å². The minimum atomic E-state index is -0.616. The number of methoxy groups -OCH3 is 1. The highest BCUT2D eigenvalue weighted by atomic mass is 35.5. The fraction of sp³-hybridized carbons (Fsp3) is 0.120. The van der Waals surface area contributed by atoms with Gasteiger partial charge in [0.25, 0.3) is 11.6 Å². The summed E-state index contributed by atoms with van der Waals surface area (Å²) in [6.45, 7) is 2.56. The zero-order valence-corrected chi connectivity index (χ0v) is 19.2. The summed E-state index contributed by atoms with van der Waals surface area (Å²) in [4.78, 5) is 23.2. The molecule has 1 amide bonds. The first kappa shape index (κ1) is 23.0. The van der Waals surface area contributed by atoms with Crippen molar-refractivity contribution in [3.05, 3.63) is 104 Å². The molecule has 1 aromatic heterocycles. The summed E-state index contributed by atoms with van der Waals surface area (Å²) in [6.07, 6.45) is 1.57. The molecule has 3 aromatic carbocycles. The zero-order valence-electron chi connectivity index (χ0n) is 18.5. The van der Waals surface area contributed by atoms with E-state index in [0.717, 1.165) is 33.8 Å². The Bertz CT molecular complexity index is 1430. The number of aromatic nitrogens is 1. The van der Waals surface area contributed by atoms with Crippen molar-refractivity contribution in [1.82, 2.24) is 9.99 Å². The van der Waals surface area contributed by atoms with Crippen LogP contribution in [0.2, 0.25) is 5.02 Å². The lowest BCUT2D eigenvalue weighted by atomic mass is 10.1. The minimum Gasteiger partial charge on any atom is -0.496 e. The van der Waals surface area contributed by atoms with Gasteiger partial charge in [0.1, 0.15) is 5.75 Å². The van der Waals surface area contributed by atoms with Crippen LogP contribution in [-0.2, 0) is 6.54 Å². The Kier molecular flexibility index (Phi) is 6.60. The number of carbonyl (C=O) groups is 1. The standard InChI is InChI=1S/C25H21ClN4O4/c1-16-21(14-27-28-25(31)20-13-18(30(32)33)11-12-24(20)34-2)19-8-4-6-10-23(19)29(16)15-17-7-3-5-9-22(17)26/h3-14H,15H2,1-2H3,(H,28,31)/b27-14-. The van der Waals surface area contributed by atoms with E-state index in [1.165, 1.54) is 19.2 Å². The third-order valence-corrected chi connectivity index (χ3v) is 5.93. The van der Waals surface area contributed by atoms with Crippen LogP contribution in [0.5, 0.6) is 5.75 Å². The number of nitrogens with zero attached hydrogens (tertiary/aromatic N) is 3. The van der Waals surface area contributed by atoms with Crippen LogP contribution in [0.25, 0.3) is 10.9 Å². The third-order valence-electron chi connectivity index (χ3n) is 5.56. The van der Waals surface area contributed by atoms with E-state index < -0.39 is 10.8 Å². The van der Waals surface area contributed by atoms with Crippen LogP contribution in [0, 0.1) is 17.0 Å². The Morgan fingerprint density at radius 1 is 1.18 bits per heavy atom. The van der Waals surface area contributed by atoms with Gasteiger partial charge >= 0.3 is 0 Å². The van der Waals surface area contributed by atoms with Crippen LogP contribution in [0.1, 0.15) is 27.2 Å². The maximum Gasteiger partial charge on any atom is 0.275 e. The first-order chi connectivity index (χ1) is 16.4. The van der Waals surface area contributed by atoms with Gasteiger partial charge in [0.05, 0.1) is 23.8 Å². The van der Waals surface area contributed by atoms with E-state index in [4.69, 9.17) is 16.3 Å². The molecule has 0 spiro atoms. The summed E-state index contributed by atoms with van der Waals surface area (Å²) in [5.74, 6) is -0.403. The molecule has 4 rings (SSSR count). The summed E-state index contributed by atoms with van der Waals surface area (Å²) >= 11 is 6.38. The van der Waals surface area contributed by atoms with Gasteiger partial charge in [0, 0.05) is 45.9 Å². The number of hydrazone groups is 1. The van der Waals surface area contributed by atoms with Crippen LogP contribution in [-0.4, -0.2) is 28.7 Å². The fourth-order valence-corrected chi connectivity index (χ4v) is 4.02. The average Bonchev–Trinajstić information content (AvgIpc) is 3.10. The number of carbonyl (C=O) groups excluding carboxylic acids is 1. The van der Waals surface area contributed by atoms with Gasteiger partial charge in [-0.05, 0) is 30.7 Å². The van der Waals surface area contributed by atoms with E-state index in [9.17, 15) is 14.9 Å². The minimum absolute atomic E-state index is 0.0201. The second-order valence-corrected chi connectivity index (χ2v) is 7.94. The lowest BCUT2D eigenvalue weighted by Crippen LogP contribution is -2.18. The van der Waals surface area contributed by atoms with Gasteiger partial charge in [-0.1, -0.05) is 48.0 Å². The lowest BCUT2D eigenvalue weighted by molar-refractivity contribution is -0.384. The van der Waals surface area contributed by atoms with Crippen molar-refractivity contribution in [2.75, 3.05) is 7.11 Å². The monoisotopic (exact) mass is 476 g/mol. The van der Waals surface area contributed by atoms with Crippen molar-refractivity contribution >= 4 is 40.3 Å². The third kappa shape index (κ3) is 4.49. The van der Waals surface area contributed by atoms with Crippen molar-refractivity contribution in [3.8, 4) is 5.75 Å². The quantitative estimate of drug-likeness (QED) is 0.221. The molecule has 0 atom stereocenters. The van der Waals surface area contributed by atoms with Crippen LogP contribution in [0.15, 0.2) is 71.8 Å². The van der Waals surface area contributed by atoms with Crippen LogP contribution < -0.4 is 10.2 Å². The summed E-state index contributed by atoms with van der Waals surface area (Å²) in [6, 6.07) is 19.4.